The van der Waals surface area contributed by atoms with E-state index < -0.39 is 0 Å². The minimum absolute atomic E-state index is 0.275. The van der Waals surface area contributed by atoms with Crippen molar-refractivity contribution >= 4 is 23.4 Å². The van der Waals surface area contributed by atoms with Gasteiger partial charge in [0.05, 0.1) is 11.1 Å². The van der Waals surface area contributed by atoms with E-state index in [1.807, 2.05) is 6.92 Å². The molecule has 0 saturated heterocycles. The number of imide groups is 1. The van der Waals surface area contributed by atoms with Crippen molar-refractivity contribution in [3.8, 4) is 0 Å². The second-order valence-corrected chi connectivity index (χ2v) is 4.22. The molecule has 0 saturated carbocycles. The third kappa shape index (κ3) is 2.27. The molecule has 1 aliphatic heterocycles. The van der Waals surface area contributed by atoms with E-state index in [2.05, 4.69) is 11.9 Å². The first-order valence-electron chi connectivity index (χ1n) is 6.02. The summed E-state index contributed by atoms with van der Waals surface area (Å²) in [4.78, 5) is 36.5. The summed E-state index contributed by atoms with van der Waals surface area (Å²) in [6.07, 6.45) is 1.86. The van der Waals surface area contributed by atoms with Gasteiger partial charge in [0, 0.05) is 12.2 Å². The minimum Gasteiger partial charge on any atom is -0.323 e. The topological polar surface area (TPSA) is 66.5 Å². The summed E-state index contributed by atoms with van der Waals surface area (Å²) >= 11 is 0. The van der Waals surface area contributed by atoms with Crippen molar-refractivity contribution in [3.63, 3.8) is 0 Å². The molecular weight excluding hydrogens is 244 g/mol. The van der Waals surface area contributed by atoms with Crippen molar-refractivity contribution in [3.05, 3.63) is 42.0 Å². The number of carbonyl (C=O) groups excluding carboxylic acids is 3. The highest BCUT2D eigenvalue weighted by Crippen LogP contribution is 2.25. The molecule has 1 aromatic rings. The zero-order valence-corrected chi connectivity index (χ0v) is 10.6. The van der Waals surface area contributed by atoms with Crippen LogP contribution >= 0.6 is 0 Å². The van der Waals surface area contributed by atoms with E-state index in [9.17, 15) is 14.4 Å². The van der Waals surface area contributed by atoms with Crippen molar-refractivity contribution < 1.29 is 14.4 Å². The highest BCUT2D eigenvalue weighted by Gasteiger charge is 2.34. The molecule has 1 aliphatic rings. The Bertz CT molecular complexity index is 578. The van der Waals surface area contributed by atoms with E-state index in [4.69, 9.17) is 0 Å². The number of amides is 3. The van der Waals surface area contributed by atoms with Gasteiger partial charge in [-0.25, -0.2) is 0 Å². The monoisotopic (exact) mass is 258 g/mol. The lowest BCUT2D eigenvalue weighted by Crippen LogP contribution is -2.30. The number of nitrogens with zero attached hydrogens (tertiary/aromatic N) is 1. The first-order valence-corrected chi connectivity index (χ1v) is 6.02. The fraction of sp³-hybridized carbons (Fsp3) is 0.214. The molecule has 98 valence electrons. The molecule has 0 aromatic heterocycles. The summed E-state index contributed by atoms with van der Waals surface area (Å²) in [5.41, 5.74) is 1.19. The summed E-state index contributed by atoms with van der Waals surface area (Å²) < 4.78 is 0. The third-order valence-electron chi connectivity index (χ3n) is 2.87. The molecule has 5 nitrogen and oxygen atoms in total. The molecule has 5 heteroatoms. The molecule has 19 heavy (non-hydrogen) atoms. The van der Waals surface area contributed by atoms with E-state index >= 15 is 0 Å². The zero-order valence-electron chi connectivity index (χ0n) is 10.6. The fourth-order valence-corrected chi connectivity index (χ4v) is 1.99. The number of hydrogen-bond donors (Lipinski definition) is 1. The average molecular weight is 258 g/mol. The van der Waals surface area contributed by atoms with Crippen LogP contribution in [0.2, 0.25) is 0 Å². The van der Waals surface area contributed by atoms with Gasteiger partial charge in [-0.15, -0.1) is 0 Å². The van der Waals surface area contributed by atoms with E-state index in [0.29, 0.717) is 29.8 Å². The van der Waals surface area contributed by atoms with Crippen molar-refractivity contribution in [1.82, 2.24) is 4.90 Å². The zero-order chi connectivity index (χ0) is 14.0. The third-order valence-corrected chi connectivity index (χ3v) is 2.87. The van der Waals surface area contributed by atoms with E-state index in [1.54, 1.807) is 12.1 Å². The Morgan fingerprint density at radius 1 is 1.32 bits per heavy atom. The molecule has 2 rings (SSSR count). The van der Waals surface area contributed by atoms with E-state index in [1.165, 1.54) is 11.0 Å². The van der Waals surface area contributed by atoms with E-state index in [0.717, 1.165) is 6.08 Å². The molecule has 1 aromatic carbocycles. The maximum Gasteiger partial charge on any atom is 0.261 e. The number of carbonyl (C=O) groups is 3. The number of fused-ring (bicyclic) bond motifs is 1. The lowest BCUT2D eigenvalue weighted by Gasteiger charge is -2.11. The van der Waals surface area contributed by atoms with Gasteiger partial charge >= 0.3 is 0 Å². The maximum atomic E-state index is 12.1. The van der Waals surface area contributed by atoms with Gasteiger partial charge in [-0.1, -0.05) is 13.5 Å². The van der Waals surface area contributed by atoms with Crippen LogP contribution < -0.4 is 5.32 Å². The normalized spacial score (nSPS) is 13.4. The van der Waals surface area contributed by atoms with Crippen LogP contribution in [0.4, 0.5) is 5.69 Å². The number of benzene rings is 1. The van der Waals surface area contributed by atoms with Gasteiger partial charge in [-0.3, -0.25) is 19.3 Å². The molecule has 1 heterocycles. The summed E-state index contributed by atoms with van der Waals surface area (Å²) in [6.45, 7) is 5.66. The van der Waals surface area contributed by atoms with Crippen molar-refractivity contribution in [1.29, 1.82) is 0 Å². The van der Waals surface area contributed by atoms with Gasteiger partial charge in [-0.05, 0) is 30.7 Å². The van der Waals surface area contributed by atoms with Gasteiger partial charge in [0.2, 0.25) is 5.91 Å². The molecule has 0 fully saturated rings. The van der Waals surface area contributed by atoms with Crippen LogP contribution in [0.3, 0.4) is 0 Å². The molecular formula is C14H14N2O3. The number of anilines is 1. The van der Waals surface area contributed by atoms with Crippen LogP contribution in [0.5, 0.6) is 0 Å². The Morgan fingerprint density at radius 2 is 2.00 bits per heavy atom. The van der Waals surface area contributed by atoms with Gasteiger partial charge in [0.1, 0.15) is 0 Å². The van der Waals surface area contributed by atoms with Gasteiger partial charge in [-0.2, -0.15) is 0 Å². The quantitative estimate of drug-likeness (QED) is 0.661. The number of hydrogen-bond acceptors (Lipinski definition) is 3. The molecule has 0 aliphatic carbocycles. The van der Waals surface area contributed by atoms with Crippen LogP contribution in [0.1, 0.15) is 34.1 Å². The largest absolute Gasteiger partial charge is 0.323 e. The second-order valence-electron chi connectivity index (χ2n) is 4.22. The SMILES string of the molecule is C=CC(=O)Nc1ccc2c(c1)C(=O)N(CCC)C2=O. The highest BCUT2D eigenvalue weighted by atomic mass is 16.2. The van der Waals surface area contributed by atoms with Crippen molar-refractivity contribution in [2.24, 2.45) is 0 Å². The Hall–Kier alpha value is -2.43. The number of rotatable bonds is 4. The Balaban J connectivity index is 2.33. The second kappa shape index (κ2) is 5.06. The Labute approximate surface area is 110 Å². The van der Waals surface area contributed by atoms with Gasteiger partial charge in [0.15, 0.2) is 0 Å². The standard InChI is InChI=1S/C14H14N2O3/c1-3-7-16-13(18)10-6-5-9(15-12(17)4-2)8-11(10)14(16)19/h4-6,8H,2-3,7H2,1H3,(H,15,17). The molecule has 0 atom stereocenters. The predicted octanol–water partition coefficient (Wildman–Crippen LogP) is 1.82. The van der Waals surface area contributed by atoms with Crippen LogP contribution in [0.25, 0.3) is 0 Å². The Morgan fingerprint density at radius 3 is 2.63 bits per heavy atom. The first-order chi connectivity index (χ1) is 9.08. The van der Waals surface area contributed by atoms with Crippen LogP contribution in [0, 0.1) is 0 Å². The summed E-state index contributed by atoms with van der Waals surface area (Å²) in [5, 5.41) is 2.56. The molecule has 0 unspecified atom stereocenters. The molecule has 1 N–H and O–H groups in total. The van der Waals surface area contributed by atoms with Crippen LogP contribution in [-0.4, -0.2) is 29.2 Å². The maximum absolute atomic E-state index is 12.1. The van der Waals surface area contributed by atoms with Crippen molar-refractivity contribution in [2.45, 2.75) is 13.3 Å². The van der Waals surface area contributed by atoms with Crippen molar-refractivity contribution in [2.75, 3.05) is 11.9 Å². The Kier molecular flexibility index (Phi) is 3.46. The molecule has 3 amide bonds. The smallest absolute Gasteiger partial charge is 0.261 e. The first kappa shape index (κ1) is 13.0. The molecule has 0 spiro atoms. The lowest BCUT2D eigenvalue weighted by atomic mass is 10.1. The number of nitrogens with one attached hydrogen (secondary N) is 1. The highest BCUT2D eigenvalue weighted by molar-refractivity contribution is 6.21. The van der Waals surface area contributed by atoms with Crippen LogP contribution in [0.15, 0.2) is 30.9 Å². The molecule has 0 radical (unpaired) electrons. The fourth-order valence-electron chi connectivity index (χ4n) is 1.99. The summed E-state index contributed by atoms with van der Waals surface area (Å²) in [6, 6.07) is 4.68. The van der Waals surface area contributed by atoms with Crippen LogP contribution in [-0.2, 0) is 4.79 Å². The summed E-state index contributed by atoms with van der Waals surface area (Å²) in [5.74, 6) is -0.942. The lowest BCUT2D eigenvalue weighted by molar-refractivity contribution is -0.111. The summed E-state index contributed by atoms with van der Waals surface area (Å²) in [7, 11) is 0. The van der Waals surface area contributed by atoms with Gasteiger partial charge < -0.3 is 5.32 Å². The predicted molar refractivity (Wildman–Crippen MR) is 70.9 cm³/mol. The average Bonchev–Trinajstić information content (AvgIpc) is 2.64. The molecule has 0 bridgehead atoms. The van der Waals surface area contributed by atoms with E-state index in [-0.39, 0.29) is 17.7 Å². The minimum atomic E-state index is -0.359. The van der Waals surface area contributed by atoms with Gasteiger partial charge in [0.25, 0.3) is 11.8 Å².